The normalized spacial score (nSPS) is 11.5. The molecule has 0 fully saturated rings. The highest BCUT2D eigenvalue weighted by molar-refractivity contribution is 6.20. The van der Waals surface area contributed by atoms with Crippen LogP contribution in [0, 0.1) is 0 Å². The molecule has 0 radical (unpaired) electrons. The third-order valence-corrected chi connectivity index (χ3v) is 10.1. The summed E-state index contributed by atoms with van der Waals surface area (Å²) in [6.07, 6.45) is 0. The molecule has 1 aromatic heterocycles. The van der Waals surface area contributed by atoms with Crippen LogP contribution in [-0.2, 0) is 0 Å². The van der Waals surface area contributed by atoms with Gasteiger partial charge in [-0.1, -0.05) is 164 Å². The molecule has 0 amide bonds. The smallest absolute Gasteiger partial charge is 0.164 e. The molecule has 242 valence electrons. The van der Waals surface area contributed by atoms with Crippen LogP contribution in [0.25, 0.3) is 99.5 Å². The Morgan fingerprint density at radius 1 is 0.231 bits per heavy atom. The Labute approximate surface area is 301 Å². The van der Waals surface area contributed by atoms with E-state index in [1.165, 1.54) is 48.8 Å². The largest absolute Gasteiger partial charge is 0.208 e. The molecule has 10 aromatic rings. The minimum Gasteiger partial charge on any atom is -0.208 e. The van der Waals surface area contributed by atoms with Gasteiger partial charge in [0, 0.05) is 16.7 Å². The van der Waals surface area contributed by atoms with E-state index in [0.717, 1.165) is 33.2 Å². The Morgan fingerprint density at radius 3 is 1.52 bits per heavy atom. The molecular weight excluding hydrogens is 631 g/mol. The third kappa shape index (κ3) is 5.28. The molecule has 0 saturated heterocycles. The molecular formula is C49H31N3. The van der Waals surface area contributed by atoms with Gasteiger partial charge in [-0.25, -0.2) is 15.0 Å². The second kappa shape index (κ2) is 12.4. The molecule has 0 spiro atoms. The zero-order chi connectivity index (χ0) is 34.4. The predicted octanol–water partition coefficient (Wildman–Crippen LogP) is 12.8. The SMILES string of the molecule is c1ccc(-c2nc(-c3cccc(-c4cccc(-c5c6ccccc6cc6c5ccc5ccccc56)c4)c3)nc(-c3ccc4ccccc4c3)n2)cc1. The molecule has 3 nitrogen and oxygen atoms in total. The summed E-state index contributed by atoms with van der Waals surface area (Å²) in [6, 6.07) is 66.6. The van der Waals surface area contributed by atoms with Crippen LogP contribution in [-0.4, -0.2) is 15.0 Å². The molecule has 0 aliphatic carbocycles. The molecule has 0 saturated carbocycles. The van der Waals surface area contributed by atoms with Gasteiger partial charge >= 0.3 is 0 Å². The van der Waals surface area contributed by atoms with Crippen molar-refractivity contribution in [1.29, 1.82) is 0 Å². The van der Waals surface area contributed by atoms with E-state index < -0.39 is 0 Å². The fourth-order valence-electron chi connectivity index (χ4n) is 7.50. The molecule has 1 heterocycles. The Morgan fingerprint density at radius 2 is 0.750 bits per heavy atom. The molecule has 0 N–H and O–H groups in total. The average molecular weight is 662 g/mol. The minimum atomic E-state index is 0.641. The van der Waals surface area contributed by atoms with Gasteiger partial charge in [0.1, 0.15) is 0 Å². The summed E-state index contributed by atoms with van der Waals surface area (Å²) in [5, 5.41) is 9.86. The summed E-state index contributed by atoms with van der Waals surface area (Å²) in [7, 11) is 0. The van der Waals surface area contributed by atoms with Gasteiger partial charge in [-0.3, -0.25) is 0 Å². The van der Waals surface area contributed by atoms with Crippen molar-refractivity contribution in [2.24, 2.45) is 0 Å². The topological polar surface area (TPSA) is 38.7 Å². The summed E-state index contributed by atoms with van der Waals surface area (Å²) in [6.45, 7) is 0. The Hall–Kier alpha value is -6.97. The quantitative estimate of drug-likeness (QED) is 0.136. The lowest BCUT2D eigenvalue weighted by Gasteiger charge is -2.15. The minimum absolute atomic E-state index is 0.641. The predicted molar refractivity (Wildman–Crippen MR) is 217 cm³/mol. The van der Waals surface area contributed by atoms with Crippen LogP contribution in [0.5, 0.6) is 0 Å². The average Bonchev–Trinajstić information content (AvgIpc) is 3.23. The van der Waals surface area contributed by atoms with Crippen LogP contribution in [0.15, 0.2) is 188 Å². The molecule has 52 heavy (non-hydrogen) atoms. The molecule has 0 aliphatic heterocycles. The molecule has 9 aromatic carbocycles. The van der Waals surface area contributed by atoms with E-state index in [4.69, 9.17) is 15.0 Å². The van der Waals surface area contributed by atoms with E-state index in [-0.39, 0.29) is 0 Å². The lowest BCUT2D eigenvalue weighted by atomic mass is 9.89. The van der Waals surface area contributed by atoms with Gasteiger partial charge in [-0.15, -0.1) is 0 Å². The molecule has 0 atom stereocenters. The van der Waals surface area contributed by atoms with Gasteiger partial charge in [0.15, 0.2) is 17.5 Å². The summed E-state index contributed by atoms with van der Waals surface area (Å²) in [4.78, 5) is 15.1. The monoisotopic (exact) mass is 661 g/mol. The Balaban J connectivity index is 1.11. The maximum Gasteiger partial charge on any atom is 0.164 e. The first-order valence-corrected chi connectivity index (χ1v) is 17.6. The summed E-state index contributed by atoms with van der Waals surface area (Å²) in [5.41, 5.74) is 7.51. The van der Waals surface area contributed by atoms with Gasteiger partial charge in [0.2, 0.25) is 0 Å². The number of hydrogen-bond donors (Lipinski definition) is 0. The van der Waals surface area contributed by atoms with Crippen LogP contribution in [0.1, 0.15) is 0 Å². The van der Waals surface area contributed by atoms with E-state index in [1.54, 1.807) is 0 Å². The van der Waals surface area contributed by atoms with Crippen LogP contribution in [0.3, 0.4) is 0 Å². The highest BCUT2D eigenvalue weighted by Gasteiger charge is 2.15. The number of fused-ring (bicyclic) bond motifs is 5. The van der Waals surface area contributed by atoms with Crippen LogP contribution in [0.2, 0.25) is 0 Å². The van der Waals surface area contributed by atoms with E-state index in [2.05, 4.69) is 158 Å². The summed E-state index contributed by atoms with van der Waals surface area (Å²) >= 11 is 0. The highest BCUT2D eigenvalue weighted by atomic mass is 15.0. The van der Waals surface area contributed by atoms with Gasteiger partial charge < -0.3 is 0 Å². The number of rotatable bonds is 5. The van der Waals surface area contributed by atoms with Crippen molar-refractivity contribution in [1.82, 2.24) is 15.0 Å². The Bertz CT molecular complexity index is 2970. The van der Waals surface area contributed by atoms with Crippen molar-refractivity contribution >= 4 is 43.1 Å². The second-order valence-corrected chi connectivity index (χ2v) is 13.3. The lowest BCUT2D eigenvalue weighted by Crippen LogP contribution is -2.00. The Kier molecular flexibility index (Phi) is 7.14. The van der Waals surface area contributed by atoms with Crippen LogP contribution < -0.4 is 0 Å². The third-order valence-electron chi connectivity index (χ3n) is 10.1. The highest BCUT2D eigenvalue weighted by Crippen LogP contribution is 2.40. The number of aromatic nitrogens is 3. The molecule has 10 rings (SSSR count). The van der Waals surface area contributed by atoms with Crippen LogP contribution >= 0.6 is 0 Å². The van der Waals surface area contributed by atoms with Gasteiger partial charge in [-0.2, -0.15) is 0 Å². The summed E-state index contributed by atoms with van der Waals surface area (Å²) < 4.78 is 0. The molecule has 3 heteroatoms. The summed E-state index contributed by atoms with van der Waals surface area (Å²) in [5.74, 6) is 1.94. The van der Waals surface area contributed by atoms with E-state index in [9.17, 15) is 0 Å². The molecule has 0 aliphatic rings. The van der Waals surface area contributed by atoms with Gasteiger partial charge in [0.05, 0.1) is 0 Å². The molecule has 0 bridgehead atoms. The standard InChI is InChI=1S/C49H31N3/c1-2-14-34(15-3-1)47-50-48(52-49(51-47)41-25-24-32-12-4-5-16-35(32)29-41)40-21-11-19-37(30-40)36-18-10-20-39(28-36)46-43-23-9-7-17-38(43)31-45-42-22-8-6-13-33(42)26-27-44(45)46/h1-31H. The van der Waals surface area contributed by atoms with Crippen molar-refractivity contribution in [2.45, 2.75) is 0 Å². The van der Waals surface area contributed by atoms with Gasteiger partial charge in [-0.05, 0) is 89.6 Å². The maximum absolute atomic E-state index is 5.08. The number of hydrogen-bond acceptors (Lipinski definition) is 3. The van der Waals surface area contributed by atoms with Crippen LogP contribution in [0.4, 0.5) is 0 Å². The zero-order valence-corrected chi connectivity index (χ0v) is 28.2. The van der Waals surface area contributed by atoms with Gasteiger partial charge in [0.25, 0.3) is 0 Å². The lowest BCUT2D eigenvalue weighted by molar-refractivity contribution is 1.07. The fraction of sp³-hybridized carbons (Fsp3) is 0. The first kappa shape index (κ1) is 29.9. The molecule has 0 unspecified atom stereocenters. The first-order valence-electron chi connectivity index (χ1n) is 17.6. The van der Waals surface area contributed by atoms with Crippen molar-refractivity contribution < 1.29 is 0 Å². The van der Waals surface area contributed by atoms with Crippen molar-refractivity contribution in [2.75, 3.05) is 0 Å². The van der Waals surface area contributed by atoms with Crippen molar-refractivity contribution in [3.63, 3.8) is 0 Å². The fourth-order valence-corrected chi connectivity index (χ4v) is 7.50. The first-order chi connectivity index (χ1) is 25.7. The number of benzene rings is 9. The van der Waals surface area contributed by atoms with E-state index >= 15 is 0 Å². The number of nitrogens with zero attached hydrogens (tertiary/aromatic N) is 3. The van der Waals surface area contributed by atoms with Crippen molar-refractivity contribution in [3.8, 4) is 56.4 Å². The zero-order valence-electron chi connectivity index (χ0n) is 28.2. The second-order valence-electron chi connectivity index (χ2n) is 13.3. The van der Waals surface area contributed by atoms with E-state index in [0.29, 0.717) is 17.5 Å². The maximum atomic E-state index is 5.08. The van der Waals surface area contributed by atoms with E-state index in [1.807, 2.05) is 30.3 Å². The van der Waals surface area contributed by atoms with Crippen molar-refractivity contribution in [3.05, 3.63) is 188 Å².